The molecule has 0 aromatic heterocycles. The molecule has 19 heavy (non-hydrogen) atoms. The molecule has 4 heteroatoms. The first-order valence-corrected chi connectivity index (χ1v) is 6.99. The highest BCUT2D eigenvalue weighted by atomic mass is 19.1. The molecule has 104 valence electrons. The second-order valence-corrected chi connectivity index (χ2v) is 5.02. The molecule has 1 fully saturated rings. The third-order valence-corrected chi connectivity index (χ3v) is 3.49. The molecule has 1 atom stereocenters. The molecule has 1 unspecified atom stereocenters. The molecule has 1 saturated heterocycles. The fourth-order valence-corrected chi connectivity index (χ4v) is 2.53. The number of halogens is 1. The van der Waals surface area contributed by atoms with E-state index in [1.54, 1.807) is 23.1 Å². The van der Waals surface area contributed by atoms with Gasteiger partial charge in [-0.25, -0.2) is 4.39 Å². The number of carbonyl (C=O) groups is 1. The van der Waals surface area contributed by atoms with Gasteiger partial charge in [0.05, 0.1) is 5.56 Å². The van der Waals surface area contributed by atoms with Gasteiger partial charge in [-0.1, -0.05) is 19.1 Å². The van der Waals surface area contributed by atoms with Crippen molar-refractivity contribution in [2.24, 2.45) is 0 Å². The van der Waals surface area contributed by atoms with Crippen LogP contribution in [0.15, 0.2) is 24.3 Å². The Kier molecular flexibility index (Phi) is 4.91. The van der Waals surface area contributed by atoms with E-state index in [2.05, 4.69) is 5.32 Å². The molecule has 0 aliphatic carbocycles. The molecular formula is C15H21FN2O. The summed E-state index contributed by atoms with van der Waals surface area (Å²) in [6.45, 7) is 4.38. The zero-order valence-electron chi connectivity index (χ0n) is 11.4. The maximum Gasteiger partial charge on any atom is 0.256 e. The van der Waals surface area contributed by atoms with E-state index in [0.29, 0.717) is 19.1 Å². The maximum absolute atomic E-state index is 13.7. The first kappa shape index (κ1) is 14.0. The predicted molar refractivity (Wildman–Crippen MR) is 73.6 cm³/mol. The van der Waals surface area contributed by atoms with E-state index < -0.39 is 5.82 Å². The molecule has 0 bridgehead atoms. The van der Waals surface area contributed by atoms with Crippen molar-refractivity contribution in [1.29, 1.82) is 0 Å². The first-order valence-electron chi connectivity index (χ1n) is 6.99. The lowest BCUT2D eigenvalue weighted by atomic mass is 10.1. The summed E-state index contributed by atoms with van der Waals surface area (Å²) in [5.41, 5.74) is 0.175. The number of nitrogens with one attached hydrogen (secondary N) is 1. The van der Waals surface area contributed by atoms with Crippen LogP contribution in [-0.4, -0.2) is 36.5 Å². The van der Waals surface area contributed by atoms with Gasteiger partial charge in [-0.2, -0.15) is 0 Å². The van der Waals surface area contributed by atoms with Crippen molar-refractivity contribution in [3.63, 3.8) is 0 Å². The second kappa shape index (κ2) is 6.66. The maximum atomic E-state index is 13.7. The molecular weight excluding hydrogens is 243 g/mol. The highest BCUT2D eigenvalue weighted by Gasteiger charge is 2.23. The zero-order chi connectivity index (χ0) is 13.7. The third kappa shape index (κ3) is 3.53. The van der Waals surface area contributed by atoms with Gasteiger partial charge >= 0.3 is 0 Å². The third-order valence-electron chi connectivity index (χ3n) is 3.49. The summed E-state index contributed by atoms with van der Waals surface area (Å²) in [5.74, 6) is -0.637. The summed E-state index contributed by atoms with van der Waals surface area (Å²) in [4.78, 5) is 14.2. The quantitative estimate of drug-likeness (QED) is 0.886. The van der Waals surface area contributed by atoms with Crippen molar-refractivity contribution >= 4 is 5.91 Å². The summed E-state index contributed by atoms with van der Waals surface area (Å²) in [6, 6.07) is 6.55. The van der Waals surface area contributed by atoms with E-state index in [-0.39, 0.29) is 11.5 Å². The highest BCUT2D eigenvalue weighted by molar-refractivity contribution is 5.94. The van der Waals surface area contributed by atoms with E-state index in [4.69, 9.17) is 0 Å². The van der Waals surface area contributed by atoms with Gasteiger partial charge < -0.3 is 10.2 Å². The Morgan fingerprint density at radius 3 is 2.89 bits per heavy atom. The molecule has 1 N–H and O–H groups in total. The Bertz CT molecular complexity index is 430. The van der Waals surface area contributed by atoms with E-state index in [9.17, 15) is 9.18 Å². The van der Waals surface area contributed by atoms with Crippen LogP contribution < -0.4 is 5.32 Å². The molecule has 0 radical (unpaired) electrons. The normalized spacial score (nSPS) is 18.5. The number of hydrogen-bond donors (Lipinski definition) is 1. The van der Waals surface area contributed by atoms with Crippen LogP contribution in [0.2, 0.25) is 0 Å². The Hall–Kier alpha value is -1.42. The standard InChI is InChI=1S/C15H21FN2O/c1-2-10-18(11-12-6-5-9-17-12)15(19)13-7-3-4-8-14(13)16/h3-4,7-8,12,17H,2,5-6,9-11H2,1H3. The van der Waals surface area contributed by atoms with Crippen LogP contribution in [0.3, 0.4) is 0 Å². The molecule has 3 nitrogen and oxygen atoms in total. The van der Waals surface area contributed by atoms with E-state index >= 15 is 0 Å². The van der Waals surface area contributed by atoms with Crippen LogP contribution in [0, 0.1) is 5.82 Å². The number of nitrogens with zero attached hydrogens (tertiary/aromatic N) is 1. The number of carbonyl (C=O) groups excluding carboxylic acids is 1. The van der Waals surface area contributed by atoms with Crippen molar-refractivity contribution in [2.75, 3.05) is 19.6 Å². The van der Waals surface area contributed by atoms with Crippen LogP contribution in [0.5, 0.6) is 0 Å². The summed E-state index contributed by atoms with van der Waals surface area (Å²) in [6.07, 6.45) is 3.12. The fraction of sp³-hybridized carbons (Fsp3) is 0.533. The van der Waals surface area contributed by atoms with Gasteiger partial charge in [-0.05, 0) is 37.9 Å². The Labute approximate surface area is 113 Å². The van der Waals surface area contributed by atoms with Crippen molar-refractivity contribution in [1.82, 2.24) is 10.2 Å². The fourth-order valence-electron chi connectivity index (χ4n) is 2.53. The molecule has 1 heterocycles. The predicted octanol–water partition coefficient (Wildman–Crippen LogP) is 2.43. The Balaban J connectivity index is 2.09. The second-order valence-electron chi connectivity index (χ2n) is 5.02. The lowest BCUT2D eigenvalue weighted by Crippen LogP contribution is -2.41. The minimum absolute atomic E-state index is 0.175. The number of benzene rings is 1. The lowest BCUT2D eigenvalue weighted by Gasteiger charge is -2.25. The monoisotopic (exact) mass is 264 g/mol. The molecule has 0 saturated carbocycles. The van der Waals surface area contributed by atoms with Crippen LogP contribution in [-0.2, 0) is 0 Å². The minimum atomic E-state index is -0.437. The van der Waals surface area contributed by atoms with Crippen LogP contribution in [0.4, 0.5) is 4.39 Å². The summed E-state index contributed by atoms with van der Waals surface area (Å²) in [7, 11) is 0. The highest BCUT2D eigenvalue weighted by Crippen LogP contribution is 2.13. The summed E-state index contributed by atoms with van der Waals surface area (Å²) in [5, 5.41) is 3.38. The van der Waals surface area contributed by atoms with Crippen molar-refractivity contribution in [3.8, 4) is 0 Å². The first-order chi connectivity index (χ1) is 9.22. The Morgan fingerprint density at radius 1 is 1.47 bits per heavy atom. The number of hydrogen-bond acceptors (Lipinski definition) is 2. The topological polar surface area (TPSA) is 32.3 Å². The van der Waals surface area contributed by atoms with Gasteiger partial charge in [-0.3, -0.25) is 4.79 Å². The molecule has 1 aliphatic heterocycles. The number of amides is 1. The SMILES string of the molecule is CCCN(CC1CCCN1)C(=O)c1ccccc1F. The molecule has 1 aromatic rings. The Morgan fingerprint density at radius 2 is 2.26 bits per heavy atom. The van der Waals surface area contributed by atoms with Gasteiger partial charge in [0.15, 0.2) is 0 Å². The van der Waals surface area contributed by atoms with Gasteiger partial charge in [0.1, 0.15) is 5.82 Å². The van der Waals surface area contributed by atoms with Crippen molar-refractivity contribution in [3.05, 3.63) is 35.6 Å². The van der Waals surface area contributed by atoms with Crippen LogP contribution >= 0.6 is 0 Å². The molecule has 2 rings (SSSR count). The minimum Gasteiger partial charge on any atom is -0.337 e. The average molecular weight is 264 g/mol. The largest absolute Gasteiger partial charge is 0.337 e. The van der Waals surface area contributed by atoms with E-state index in [1.807, 2.05) is 6.92 Å². The zero-order valence-corrected chi connectivity index (χ0v) is 11.4. The molecule has 1 amide bonds. The van der Waals surface area contributed by atoms with Gasteiger partial charge in [0.25, 0.3) is 5.91 Å². The molecule has 0 spiro atoms. The van der Waals surface area contributed by atoms with Gasteiger partial charge in [-0.15, -0.1) is 0 Å². The van der Waals surface area contributed by atoms with E-state index in [0.717, 1.165) is 25.8 Å². The number of rotatable bonds is 5. The molecule has 1 aromatic carbocycles. The molecule has 1 aliphatic rings. The van der Waals surface area contributed by atoms with Crippen LogP contribution in [0.1, 0.15) is 36.5 Å². The van der Waals surface area contributed by atoms with Crippen LogP contribution in [0.25, 0.3) is 0 Å². The van der Waals surface area contributed by atoms with Gasteiger partial charge in [0.2, 0.25) is 0 Å². The average Bonchev–Trinajstić information content (AvgIpc) is 2.91. The summed E-state index contributed by atoms with van der Waals surface area (Å²) < 4.78 is 13.7. The van der Waals surface area contributed by atoms with Crippen molar-refractivity contribution in [2.45, 2.75) is 32.2 Å². The van der Waals surface area contributed by atoms with E-state index in [1.165, 1.54) is 6.07 Å². The lowest BCUT2D eigenvalue weighted by molar-refractivity contribution is 0.0737. The van der Waals surface area contributed by atoms with Crippen molar-refractivity contribution < 1.29 is 9.18 Å². The smallest absolute Gasteiger partial charge is 0.256 e. The summed E-state index contributed by atoms with van der Waals surface area (Å²) >= 11 is 0. The van der Waals surface area contributed by atoms with Gasteiger partial charge in [0, 0.05) is 19.1 Å².